The first-order valence-corrected chi connectivity index (χ1v) is 6.00. The summed E-state index contributed by atoms with van der Waals surface area (Å²) in [5.74, 6) is -0.439. The zero-order chi connectivity index (χ0) is 12.7. The third-order valence-electron chi connectivity index (χ3n) is 2.74. The van der Waals surface area contributed by atoms with E-state index in [0.717, 1.165) is 16.5 Å². The number of aromatic amines is 1. The summed E-state index contributed by atoms with van der Waals surface area (Å²) in [5.41, 5.74) is 2.28. The number of H-pyrrole nitrogens is 1. The molecule has 0 aliphatic heterocycles. The number of nitrogens with zero attached hydrogens (tertiary/aromatic N) is 1. The van der Waals surface area contributed by atoms with E-state index in [0.29, 0.717) is 10.8 Å². The van der Waals surface area contributed by atoms with Crippen LogP contribution in [0.3, 0.4) is 0 Å². The number of fused-ring (bicyclic) bond motifs is 1. The molecule has 0 fully saturated rings. The monoisotopic (exact) mass is 280 g/mol. The van der Waals surface area contributed by atoms with E-state index in [1.54, 1.807) is 18.3 Å². The molecule has 0 saturated heterocycles. The highest BCUT2D eigenvalue weighted by atomic mass is 35.5. The minimum atomic E-state index is -0.439. The number of pyridine rings is 1. The average Bonchev–Trinajstić information content (AvgIpc) is 2.75. The average molecular weight is 281 g/mol. The van der Waals surface area contributed by atoms with E-state index in [2.05, 4.69) is 9.97 Å². The van der Waals surface area contributed by atoms with Gasteiger partial charge in [0.25, 0.3) is 0 Å². The highest BCUT2D eigenvalue weighted by molar-refractivity contribution is 6.31. The molecule has 3 aromatic rings. The first-order valence-electron chi connectivity index (χ1n) is 5.24. The van der Waals surface area contributed by atoms with Gasteiger partial charge in [-0.3, -0.25) is 0 Å². The van der Waals surface area contributed by atoms with Crippen LogP contribution in [0.1, 0.15) is 0 Å². The molecule has 0 saturated carbocycles. The van der Waals surface area contributed by atoms with E-state index in [4.69, 9.17) is 23.2 Å². The molecule has 2 nitrogen and oxygen atoms in total. The topological polar surface area (TPSA) is 28.7 Å². The van der Waals surface area contributed by atoms with Crippen molar-refractivity contribution >= 4 is 34.2 Å². The molecule has 18 heavy (non-hydrogen) atoms. The lowest BCUT2D eigenvalue weighted by Crippen LogP contribution is -1.81. The van der Waals surface area contributed by atoms with Crippen molar-refractivity contribution in [1.29, 1.82) is 0 Å². The smallest absolute Gasteiger partial charge is 0.142 e. The maximum Gasteiger partial charge on any atom is 0.142 e. The van der Waals surface area contributed by atoms with Crippen LogP contribution in [0.2, 0.25) is 10.2 Å². The first-order chi connectivity index (χ1) is 8.65. The van der Waals surface area contributed by atoms with E-state index in [9.17, 15) is 4.39 Å². The zero-order valence-electron chi connectivity index (χ0n) is 9.05. The molecule has 0 radical (unpaired) electrons. The summed E-state index contributed by atoms with van der Waals surface area (Å²) >= 11 is 11.5. The van der Waals surface area contributed by atoms with Crippen LogP contribution in [0.25, 0.3) is 22.2 Å². The lowest BCUT2D eigenvalue weighted by molar-refractivity contribution is 0.629. The van der Waals surface area contributed by atoms with E-state index in [-0.39, 0.29) is 5.02 Å². The lowest BCUT2D eigenvalue weighted by Gasteiger charge is -2.01. The molecule has 2 heterocycles. The van der Waals surface area contributed by atoms with Gasteiger partial charge in [-0.15, -0.1) is 0 Å². The fraction of sp³-hybridized carbons (Fsp3) is 0. The first kappa shape index (κ1) is 11.5. The summed E-state index contributed by atoms with van der Waals surface area (Å²) in [6, 6.07) is 8.26. The minimum absolute atomic E-state index is 0.111. The van der Waals surface area contributed by atoms with Gasteiger partial charge in [0, 0.05) is 17.1 Å². The second-order valence-electron chi connectivity index (χ2n) is 3.86. The van der Waals surface area contributed by atoms with Crippen LogP contribution in [0.5, 0.6) is 0 Å². The Morgan fingerprint density at radius 1 is 1.11 bits per heavy atom. The molecular weight excluding hydrogens is 274 g/mol. The summed E-state index contributed by atoms with van der Waals surface area (Å²) in [6.45, 7) is 0. The normalized spacial score (nSPS) is 11.1. The van der Waals surface area contributed by atoms with Crippen molar-refractivity contribution in [2.24, 2.45) is 0 Å². The van der Waals surface area contributed by atoms with Gasteiger partial charge in [0.1, 0.15) is 16.6 Å². The molecule has 0 unspecified atom stereocenters. The molecule has 2 aromatic heterocycles. The van der Waals surface area contributed by atoms with Gasteiger partial charge in [-0.2, -0.15) is 0 Å². The van der Waals surface area contributed by atoms with Crippen molar-refractivity contribution < 1.29 is 4.39 Å². The van der Waals surface area contributed by atoms with E-state index in [1.807, 2.05) is 6.07 Å². The maximum atomic E-state index is 13.5. The fourth-order valence-electron chi connectivity index (χ4n) is 1.88. The fourth-order valence-corrected chi connectivity index (χ4v) is 2.15. The van der Waals surface area contributed by atoms with E-state index in [1.165, 1.54) is 12.1 Å². The molecule has 5 heteroatoms. The van der Waals surface area contributed by atoms with Crippen molar-refractivity contribution in [3.05, 3.63) is 52.5 Å². The number of rotatable bonds is 1. The molecule has 0 amide bonds. The molecule has 90 valence electrons. The number of hydrogen-bond donors (Lipinski definition) is 1. The van der Waals surface area contributed by atoms with E-state index < -0.39 is 5.82 Å². The van der Waals surface area contributed by atoms with Gasteiger partial charge in [0.2, 0.25) is 0 Å². The standard InChI is InChI=1S/C13H7Cl2FN2/c14-10-3-1-7(5-11(10)16)9-6-17-13-8(9)2-4-12(15)18-13/h1-6H,(H,17,18). The van der Waals surface area contributed by atoms with Crippen LogP contribution >= 0.6 is 23.2 Å². The van der Waals surface area contributed by atoms with E-state index >= 15 is 0 Å². The number of nitrogens with one attached hydrogen (secondary N) is 1. The van der Waals surface area contributed by atoms with Crippen LogP contribution in [0, 0.1) is 5.82 Å². The Bertz CT molecular complexity index is 737. The van der Waals surface area contributed by atoms with Crippen molar-refractivity contribution in [1.82, 2.24) is 9.97 Å². The number of aromatic nitrogens is 2. The maximum absolute atomic E-state index is 13.5. The second-order valence-corrected chi connectivity index (χ2v) is 4.66. The van der Waals surface area contributed by atoms with Gasteiger partial charge in [0.05, 0.1) is 5.02 Å². The summed E-state index contributed by atoms with van der Waals surface area (Å²) < 4.78 is 13.5. The van der Waals surface area contributed by atoms with Crippen LogP contribution in [0.4, 0.5) is 4.39 Å². The Morgan fingerprint density at radius 2 is 1.94 bits per heavy atom. The molecule has 0 aliphatic carbocycles. The summed E-state index contributed by atoms with van der Waals surface area (Å²) in [5, 5.41) is 1.42. The largest absolute Gasteiger partial charge is 0.345 e. The van der Waals surface area contributed by atoms with Crippen LogP contribution in [0.15, 0.2) is 36.5 Å². The van der Waals surface area contributed by atoms with Crippen LogP contribution < -0.4 is 0 Å². The second kappa shape index (κ2) is 4.26. The third-order valence-corrected chi connectivity index (χ3v) is 3.25. The van der Waals surface area contributed by atoms with Gasteiger partial charge in [-0.25, -0.2) is 9.37 Å². The third kappa shape index (κ3) is 1.85. The Balaban J connectivity index is 2.22. The van der Waals surface area contributed by atoms with Gasteiger partial charge in [-0.05, 0) is 29.8 Å². The van der Waals surface area contributed by atoms with Crippen molar-refractivity contribution in [3.8, 4) is 11.1 Å². The SMILES string of the molecule is Fc1cc(-c2c[nH]c3nc(Cl)ccc23)ccc1Cl. The molecule has 1 N–H and O–H groups in total. The molecular formula is C13H7Cl2FN2. The molecule has 0 spiro atoms. The predicted octanol–water partition coefficient (Wildman–Crippen LogP) is 4.68. The molecule has 0 aliphatic rings. The van der Waals surface area contributed by atoms with Crippen molar-refractivity contribution in [2.45, 2.75) is 0 Å². The van der Waals surface area contributed by atoms with Gasteiger partial charge in [-0.1, -0.05) is 29.3 Å². The highest BCUT2D eigenvalue weighted by Gasteiger charge is 2.09. The molecule has 3 rings (SSSR count). The summed E-state index contributed by atoms with van der Waals surface area (Å²) in [7, 11) is 0. The lowest BCUT2D eigenvalue weighted by atomic mass is 10.1. The van der Waals surface area contributed by atoms with Crippen molar-refractivity contribution in [3.63, 3.8) is 0 Å². The zero-order valence-corrected chi connectivity index (χ0v) is 10.6. The van der Waals surface area contributed by atoms with Gasteiger partial charge in [0.15, 0.2) is 0 Å². The number of hydrogen-bond acceptors (Lipinski definition) is 1. The predicted molar refractivity (Wildman–Crippen MR) is 71.5 cm³/mol. The summed E-state index contributed by atoms with van der Waals surface area (Å²) in [6.07, 6.45) is 1.77. The van der Waals surface area contributed by atoms with Gasteiger partial charge < -0.3 is 4.98 Å². The molecule has 0 bridgehead atoms. The number of benzene rings is 1. The highest BCUT2D eigenvalue weighted by Crippen LogP contribution is 2.30. The Morgan fingerprint density at radius 3 is 2.72 bits per heavy atom. The van der Waals surface area contributed by atoms with Crippen LogP contribution in [-0.4, -0.2) is 9.97 Å². The van der Waals surface area contributed by atoms with Crippen molar-refractivity contribution in [2.75, 3.05) is 0 Å². The Hall–Kier alpha value is -1.58. The molecule has 0 atom stereocenters. The summed E-state index contributed by atoms with van der Waals surface area (Å²) in [4.78, 5) is 7.16. The number of halogens is 3. The van der Waals surface area contributed by atoms with Crippen LogP contribution in [-0.2, 0) is 0 Å². The molecule has 1 aromatic carbocycles. The minimum Gasteiger partial charge on any atom is -0.345 e. The van der Waals surface area contributed by atoms with Gasteiger partial charge >= 0.3 is 0 Å². The Kier molecular flexibility index (Phi) is 2.73. The Labute approximate surface area is 112 Å². The quantitative estimate of drug-likeness (QED) is 0.645.